The van der Waals surface area contributed by atoms with Crippen LogP contribution in [-0.2, 0) is 9.59 Å². The molecule has 4 heterocycles. The summed E-state index contributed by atoms with van der Waals surface area (Å²) in [7, 11) is 0. The maximum Gasteiger partial charge on any atom is 0.341 e. The molecule has 68 heavy (non-hydrogen) atoms. The number of halogens is 2. The number of aromatic carboxylic acids is 2. The average molecular weight is 941 g/mol. The highest BCUT2D eigenvalue weighted by Crippen LogP contribution is 2.39. The predicted molar refractivity (Wildman–Crippen MR) is 258 cm³/mol. The van der Waals surface area contributed by atoms with Gasteiger partial charge < -0.3 is 38.9 Å². The molecule has 14 nitrogen and oxygen atoms in total. The highest BCUT2D eigenvalue weighted by Gasteiger charge is 2.31. The van der Waals surface area contributed by atoms with E-state index in [1.165, 1.54) is 75.9 Å². The lowest BCUT2D eigenvalue weighted by Crippen LogP contribution is -2.49. The Morgan fingerprint density at radius 2 is 0.779 bits per heavy atom. The number of unbranched alkanes of at least 4 members (excludes halogenated alkanes) is 13. The van der Waals surface area contributed by atoms with Crippen LogP contribution >= 0.6 is 0 Å². The highest BCUT2D eigenvalue weighted by molar-refractivity contribution is 5.95. The van der Waals surface area contributed by atoms with Crippen LogP contribution < -0.4 is 20.7 Å². The number of benzene rings is 2. The molecule has 2 aliphatic carbocycles. The Bertz CT molecular complexity index is 2450. The molecule has 4 aliphatic rings. The number of aromatic nitrogens is 2. The third-order valence-corrected chi connectivity index (χ3v) is 14.5. The van der Waals surface area contributed by atoms with E-state index >= 15 is 8.78 Å². The number of hydrogen-bond acceptors (Lipinski definition) is 8. The molecule has 2 amide bonds. The van der Waals surface area contributed by atoms with E-state index in [1.54, 1.807) is 21.3 Å². The molecule has 0 bridgehead atoms. The van der Waals surface area contributed by atoms with Crippen LogP contribution in [0.25, 0.3) is 21.8 Å². The first kappa shape index (κ1) is 48.6. The molecular weight excluding hydrogens is 875 g/mol. The van der Waals surface area contributed by atoms with Crippen LogP contribution in [0.1, 0.15) is 161 Å². The summed E-state index contributed by atoms with van der Waals surface area (Å²) in [6.07, 6.45) is 23.1. The van der Waals surface area contributed by atoms with Gasteiger partial charge in [-0.1, -0.05) is 77.0 Å². The zero-order valence-electron chi connectivity index (χ0n) is 39.2. The van der Waals surface area contributed by atoms with Gasteiger partial charge in [0.15, 0.2) is 0 Å². The van der Waals surface area contributed by atoms with E-state index in [0.717, 1.165) is 64.2 Å². The van der Waals surface area contributed by atoms with E-state index in [9.17, 15) is 39.0 Å². The number of rotatable bonds is 23. The van der Waals surface area contributed by atoms with E-state index in [-0.39, 0.29) is 45.8 Å². The second-order valence-electron chi connectivity index (χ2n) is 19.5. The Balaban J connectivity index is 0.626. The summed E-state index contributed by atoms with van der Waals surface area (Å²) < 4.78 is 34.4. The van der Waals surface area contributed by atoms with Gasteiger partial charge in [0.05, 0.1) is 22.4 Å². The molecule has 4 aromatic rings. The Kier molecular flexibility index (Phi) is 15.8. The van der Waals surface area contributed by atoms with Gasteiger partial charge in [0.25, 0.3) is 0 Å². The van der Waals surface area contributed by atoms with E-state index < -0.39 is 34.4 Å². The molecule has 2 saturated heterocycles. The number of fused-ring (bicyclic) bond motifs is 2. The zero-order valence-corrected chi connectivity index (χ0v) is 39.2. The largest absolute Gasteiger partial charge is 0.477 e. The fourth-order valence-electron chi connectivity index (χ4n) is 10.2. The van der Waals surface area contributed by atoms with Crippen LogP contribution in [0.15, 0.2) is 46.2 Å². The van der Waals surface area contributed by atoms with Gasteiger partial charge in [-0.05, 0) is 62.8 Å². The molecule has 2 N–H and O–H groups in total. The van der Waals surface area contributed by atoms with Gasteiger partial charge >= 0.3 is 11.9 Å². The van der Waals surface area contributed by atoms with Crippen LogP contribution in [-0.4, -0.2) is 105 Å². The molecule has 0 spiro atoms. The minimum absolute atomic E-state index is 0.0781. The Hall–Kier alpha value is -5.80. The molecule has 16 heteroatoms. The van der Waals surface area contributed by atoms with Gasteiger partial charge in [-0.25, -0.2) is 18.4 Å². The second-order valence-corrected chi connectivity index (χ2v) is 19.5. The SMILES string of the molecule is O=C(O)c1cn(C2CC2)c2cc(N3CCN(C(=O)CCCCCCCCCCCCCCCCC(=O)N4CCN(c5cc6c(cc5F)c(=O)c(C(=O)O)cn6C5CC5)CC4)CC3)c(F)cc2c1=O. The van der Waals surface area contributed by atoms with Crippen molar-refractivity contribution in [2.24, 2.45) is 0 Å². The number of pyridine rings is 2. The van der Waals surface area contributed by atoms with Gasteiger partial charge in [-0.15, -0.1) is 0 Å². The molecule has 2 aromatic heterocycles. The first-order chi connectivity index (χ1) is 32.9. The normalized spacial score (nSPS) is 16.6. The Morgan fingerprint density at radius 1 is 0.471 bits per heavy atom. The minimum atomic E-state index is -1.32. The summed E-state index contributed by atoms with van der Waals surface area (Å²) in [5, 5.41) is 19.2. The predicted octanol–water partition coefficient (Wildman–Crippen LogP) is 8.90. The molecule has 8 rings (SSSR count). The smallest absolute Gasteiger partial charge is 0.341 e. The number of carbonyl (C=O) groups excluding carboxylic acids is 2. The van der Waals surface area contributed by atoms with Crippen LogP contribution in [0.5, 0.6) is 0 Å². The van der Waals surface area contributed by atoms with Gasteiger partial charge in [0.1, 0.15) is 22.8 Å². The number of anilines is 2. The van der Waals surface area contributed by atoms with E-state index in [0.29, 0.717) is 87.6 Å². The number of amides is 2. The average Bonchev–Trinajstić information content (AvgIpc) is 4.28. The number of carboxylic acid groups (broad SMARTS) is 2. The summed E-state index contributed by atoms with van der Waals surface area (Å²) in [4.78, 5) is 82.6. The molecule has 0 radical (unpaired) electrons. The van der Waals surface area contributed by atoms with E-state index in [4.69, 9.17) is 0 Å². The van der Waals surface area contributed by atoms with Gasteiger partial charge in [0.2, 0.25) is 22.7 Å². The van der Waals surface area contributed by atoms with Gasteiger partial charge in [-0.3, -0.25) is 19.2 Å². The van der Waals surface area contributed by atoms with E-state index in [1.807, 2.05) is 19.6 Å². The lowest BCUT2D eigenvalue weighted by atomic mass is 10.0. The summed E-state index contributed by atoms with van der Waals surface area (Å²) in [6, 6.07) is 5.88. The van der Waals surface area contributed by atoms with Gasteiger partial charge in [0, 0.05) is 100 Å². The molecule has 2 aromatic carbocycles. The van der Waals surface area contributed by atoms with Crippen LogP contribution in [0.4, 0.5) is 20.2 Å². The first-order valence-corrected chi connectivity index (χ1v) is 25.2. The maximum absolute atomic E-state index is 15.4. The second kappa shape index (κ2) is 22.1. The number of carboxylic acids is 2. The first-order valence-electron chi connectivity index (χ1n) is 25.2. The van der Waals surface area contributed by atoms with Crippen molar-refractivity contribution < 1.29 is 38.2 Å². The number of piperazine rings is 2. The fraction of sp³-hybridized carbons (Fsp3) is 0.577. The van der Waals surface area contributed by atoms with Crippen molar-refractivity contribution in [2.45, 2.75) is 141 Å². The highest BCUT2D eigenvalue weighted by atomic mass is 19.1. The summed E-state index contributed by atoms with van der Waals surface area (Å²) in [5.41, 5.74) is -0.214. The van der Waals surface area contributed by atoms with Crippen LogP contribution in [0, 0.1) is 11.6 Å². The van der Waals surface area contributed by atoms with Crippen molar-refractivity contribution in [2.75, 3.05) is 62.2 Å². The number of hydrogen-bond donors (Lipinski definition) is 2. The zero-order chi connectivity index (χ0) is 47.9. The third-order valence-electron chi connectivity index (χ3n) is 14.5. The lowest BCUT2D eigenvalue weighted by Gasteiger charge is -2.36. The van der Waals surface area contributed by atoms with Crippen molar-refractivity contribution in [1.29, 1.82) is 0 Å². The molecule has 0 unspecified atom stereocenters. The van der Waals surface area contributed by atoms with Crippen molar-refractivity contribution in [1.82, 2.24) is 18.9 Å². The lowest BCUT2D eigenvalue weighted by molar-refractivity contribution is -0.132. The van der Waals surface area contributed by atoms with Crippen LogP contribution in [0.3, 0.4) is 0 Å². The van der Waals surface area contributed by atoms with Crippen LogP contribution in [0.2, 0.25) is 0 Å². The quantitative estimate of drug-likeness (QED) is 0.0686. The number of nitrogens with zero attached hydrogens (tertiary/aromatic N) is 6. The van der Waals surface area contributed by atoms with Gasteiger partial charge in [-0.2, -0.15) is 0 Å². The molecule has 2 aliphatic heterocycles. The van der Waals surface area contributed by atoms with Crippen molar-refractivity contribution in [3.05, 3.63) is 79.9 Å². The molecule has 366 valence electrons. The summed E-state index contributed by atoms with van der Waals surface area (Å²) in [6.45, 7) is 3.94. The monoisotopic (exact) mass is 940 g/mol. The molecule has 0 atom stereocenters. The van der Waals surface area contributed by atoms with Crippen molar-refractivity contribution in [3.8, 4) is 0 Å². The molecular formula is C52H66F2N6O8. The molecule has 2 saturated carbocycles. The third kappa shape index (κ3) is 11.5. The Morgan fingerprint density at radius 3 is 1.07 bits per heavy atom. The van der Waals surface area contributed by atoms with E-state index in [2.05, 4.69) is 0 Å². The van der Waals surface area contributed by atoms with Crippen molar-refractivity contribution >= 4 is 56.9 Å². The summed E-state index contributed by atoms with van der Waals surface area (Å²) >= 11 is 0. The summed E-state index contributed by atoms with van der Waals surface area (Å²) in [5.74, 6) is -3.49. The Labute approximate surface area is 395 Å². The fourth-order valence-corrected chi connectivity index (χ4v) is 10.2. The standard InChI is InChI=1S/C52H66F2N6O8/c53-41-29-37-43(59(35-17-18-35)33-39(49(37)63)51(65)66)31-45(41)55-21-25-57(26-22-55)47(61)15-13-11-9-7-5-3-1-2-4-6-8-10-12-14-16-48(62)58-27-23-56(24-28-58)46-32-44-38(30-42(46)54)50(64)40(52(67)68)34-60(44)36-19-20-36/h29-36H,1-28H2,(H,65,66)(H,67,68). The minimum Gasteiger partial charge on any atom is -0.477 e. The number of carbonyl (C=O) groups is 4. The van der Waals surface area contributed by atoms with Crippen molar-refractivity contribution in [3.63, 3.8) is 0 Å². The molecule has 4 fully saturated rings. The topological polar surface area (TPSA) is 166 Å². The maximum atomic E-state index is 15.4.